The summed E-state index contributed by atoms with van der Waals surface area (Å²) in [5.41, 5.74) is 0.661. The molecule has 106 valence electrons. The van der Waals surface area contributed by atoms with Gasteiger partial charge in [-0.05, 0) is 71.1 Å². The summed E-state index contributed by atoms with van der Waals surface area (Å²) in [6.07, 6.45) is 0.612. The minimum atomic E-state index is -0.0787. The van der Waals surface area contributed by atoms with E-state index < -0.39 is 0 Å². The van der Waals surface area contributed by atoms with E-state index in [4.69, 9.17) is 0 Å². The molecule has 1 N–H and O–H groups in total. The maximum atomic E-state index is 11.9. The first-order chi connectivity index (χ1) is 9.58. The molecule has 2 rings (SSSR count). The Balaban J connectivity index is 1.88. The summed E-state index contributed by atoms with van der Waals surface area (Å²) in [5, 5.41) is 14.4. The van der Waals surface area contributed by atoms with Crippen molar-refractivity contribution in [1.29, 1.82) is 0 Å². The second kappa shape index (κ2) is 6.78. The fraction of sp³-hybridized carbons (Fsp3) is 0.385. The molecule has 0 saturated heterocycles. The summed E-state index contributed by atoms with van der Waals surface area (Å²) in [4.78, 5) is 11.9. The third-order valence-corrected chi connectivity index (χ3v) is 3.51. The number of hydrogen-bond donors (Lipinski definition) is 1. The molecule has 0 saturated carbocycles. The van der Waals surface area contributed by atoms with Gasteiger partial charge in [-0.25, -0.2) is 4.68 Å². The van der Waals surface area contributed by atoms with Crippen LogP contribution in [0.4, 0.5) is 0 Å². The lowest BCUT2D eigenvalue weighted by molar-refractivity contribution is 0.0954. The minimum Gasteiger partial charge on any atom is -0.352 e. The lowest BCUT2D eigenvalue weighted by atomic mass is 10.2. The lowest BCUT2D eigenvalue weighted by Crippen LogP contribution is -2.26. The summed E-state index contributed by atoms with van der Waals surface area (Å²) in [6, 6.07) is 7.67. The topological polar surface area (TPSA) is 72.7 Å². The van der Waals surface area contributed by atoms with Gasteiger partial charge in [-0.1, -0.05) is 0 Å². The summed E-state index contributed by atoms with van der Waals surface area (Å²) >= 11 is 2.21. The van der Waals surface area contributed by atoms with Crippen molar-refractivity contribution in [1.82, 2.24) is 25.5 Å². The van der Waals surface area contributed by atoms with Crippen LogP contribution < -0.4 is 5.32 Å². The van der Waals surface area contributed by atoms with Crippen LogP contribution in [0.1, 0.15) is 36.1 Å². The van der Waals surface area contributed by atoms with E-state index in [1.807, 2.05) is 38.1 Å². The Morgan fingerprint density at radius 3 is 2.70 bits per heavy atom. The standard InChI is InChI=1S/C13H16IN5O/c1-9(2)19-12(16-17-18-19)7-8-15-13(20)10-3-5-11(14)6-4-10/h3-6,9H,7-8H2,1-2H3,(H,15,20). The predicted octanol–water partition coefficient (Wildman–Crippen LogP) is 1.83. The monoisotopic (exact) mass is 385 g/mol. The molecule has 2 aromatic rings. The van der Waals surface area contributed by atoms with Gasteiger partial charge in [0.2, 0.25) is 0 Å². The van der Waals surface area contributed by atoms with Crippen molar-refractivity contribution in [2.24, 2.45) is 0 Å². The maximum absolute atomic E-state index is 11.9. The zero-order valence-electron chi connectivity index (χ0n) is 11.4. The third-order valence-electron chi connectivity index (χ3n) is 2.79. The molecule has 0 atom stereocenters. The molecule has 7 heteroatoms. The lowest BCUT2D eigenvalue weighted by Gasteiger charge is -2.08. The van der Waals surface area contributed by atoms with Gasteiger partial charge in [0.15, 0.2) is 5.82 Å². The predicted molar refractivity (Wildman–Crippen MR) is 83.4 cm³/mol. The summed E-state index contributed by atoms with van der Waals surface area (Å²) in [6.45, 7) is 4.55. The number of carbonyl (C=O) groups is 1. The Bertz CT molecular complexity index is 579. The molecule has 1 amide bonds. The van der Waals surface area contributed by atoms with Crippen LogP contribution in [0, 0.1) is 3.57 Å². The minimum absolute atomic E-state index is 0.0787. The molecular formula is C13H16IN5O. The average molecular weight is 385 g/mol. The zero-order chi connectivity index (χ0) is 14.5. The van der Waals surface area contributed by atoms with E-state index in [9.17, 15) is 4.79 Å². The van der Waals surface area contributed by atoms with Gasteiger partial charge in [0, 0.05) is 22.1 Å². The molecule has 0 bridgehead atoms. The van der Waals surface area contributed by atoms with E-state index in [0.29, 0.717) is 18.5 Å². The Labute approximate surface area is 131 Å². The van der Waals surface area contributed by atoms with E-state index in [1.54, 1.807) is 4.68 Å². The molecule has 0 aliphatic rings. The highest BCUT2D eigenvalue weighted by atomic mass is 127. The SMILES string of the molecule is CC(C)n1nnnc1CCNC(=O)c1ccc(I)cc1. The number of nitrogens with zero attached hydrogens (tertiary/aromatic N) is 4. The zero-order valence-corrected chi connectivity index (χ0v) is 13.5. The van der Waals surface area contributed by atoms with Crippen molar-refractivity contribution in [2.45, 2.75) is 26.3 Å². The number of nitrogens with one attached hydrogen (secondary N) is 1. The average Bonchev–Trinajstić information content (AvgIpc) is 2.88. The molecule has 0 unspecified atom stereocenters. The summed E-state index contributed by atoms with van der Waals surface area (Å²) < 4.78 is 2.87. The van der Waals surface area contributed by atoms with Crippen molar-refractivity contribution >= 4 is 28.5 Å². The van der Waals surface area contributed by atoms with E-state index >= 15 is 0 Å². The van der Waals surface area contributed by atoms with E-state index in [0.717, 1.165) is 9.39 Å². The Morgan fingerprint density at radius 2 is 2.05 bits per heavy atom. The molecule has 0 fully saturated rings. The van der Waals surface area contributed by atoms with Gasteiger partial charge in [0.25, 0.3) is 5.91 Å². The molecule has 20 heavy (non-hydrogen) atoms. The fourth-order valence-electron chi connectivity index (χ4n) is 1.77. The quantitative estimate of drug-likeness (QED) is 0.798. The Hall–Kier alpha value is -1.51. The van der Waals surface area contributed by atoms with E-state index in [1.165, 1.54) is 0 Å². The Kier molecular flexibility index (Phi) is 5.05. The van der Waals surface area contributed by atoms with Crippen LogP contribution >= 0.6 is 22.6 Å². The number of carbonyl (C=O) groups excluding carboxylic acids is 1. The van der Waals surface area contributed by atoms with Gasteiger partial charge in [0.05, 0.1) is 6.04 Å². The van der Waals surface area contributed by atoms with Crippen molar-refractivity contribution in [3.8, 4) is 0 Å². The van der Waals surface area contributed by atoms with Gasteiger partial charge in [-0.2, -0.15) is 0 Å². The Morgan fingerprint density at radius 1 is 1.35 bits per heavy atom. The second-order valence-electron chi connectivity index (χ2n) is 4.65. The van der Waals surface area contributed by atoms with Gasteiger partial charge in [-0.3, -0.25) is 4.79 Å². The van der Waals surface area contributed by atoms with Crippen LogP contribution in [-0.4, -0.2) is 32.7 Å². The highest BCUT2D eigenvalue weighted by Gasteiger charge is 2.10. The second-order valence-corrected chi connectivity index (χ2v) is 5.89. The molecule has 6 nitrogen and oxygen atoms in total. The smallest absolute Gasteiger partial charge is 0.251 e. The van der Waals surface area contributed by atoms with Gasteiger partial charge in [0.1, 0.15) is 0 Å². The fourth-order valence-corrected chi connectivity index (χ4v) is 2.13. The first kappa shape index (κ1) is 14.9. The number of tetrazole rings is 1. The van der Waals surface area contributed by atoms with Gasteiger partial charge < -0.3 is 5.32 Å². The van der Waals surface area contributed by atoms with Crippen LogP contribution in [0.15, 0.2) is 24.3 Å². The van der Waals surface area contributed by atoms with E-state index in [2.05, 4.69) is 43.4 Å². The van der Waals surface area contributed by atoms with Crippen LogP contribution in [0.3, 0.4) is 0 Å². The number of aromatic nitrogens is 4. The van der Waals surface area contributed by atoms with Crippen LogP contribution in [0.25, 0.3) is 0 Å². The first-order valence-corrected chi connectivity index (χ1v) is 7.46. The summed E-state index contributed by atoms with van der Waals surface area (Å²) in [7, 11) is 0. The van der Waals surface area contributed by atoms with Gasteiger partial charge >= 0.3 is 0 Å². The van der Waals surface area contributed by atoms with E-state index in [-0.39, 0.29) is 11.9 Å². The number of halogens is 1. The van der Waals surface area contributed by atoms with Crippen LogP contribution in [0.5, 0.6) is 0 Å². The van der Waals surface area contributed by atoms with Crippen molar-refractivity contribution in [3.63, 3.8) is 0 Å². The largest absolute Gasteiger partial charge is 0.352 e. The molecule has 1 aromatic heterocycles. The molecule has 1 aromatic carbocycles. The maximum Gasteiger partial charge on any atom is 0.251 e. The number of hydrogen-bond acceptors (Lipinski definition) is 4. The molecule has 0 aliphatic carbocycles. The van der Waals surface area contributed by atoms with Crippen molar-refractivity contribution in [2.75, 3.05) is 6.54 Å². The highest BCUT2D eigenvalue weighted by Crippen LogP contribution is 2.07. The molecule has 0 aliphatic heterocycles. The summed E-state index contributed by atoms with van der Waals surface area (Å²) in [5.74, 6) is 0.702. The molecule has 0 spiro atoms. The third kappa shape index (κ3) is 3.75. The number of amides is 1. The van der Waals surface area contributed by atoms with Crippen molar-refractivity contribution in [3.05, 3.63) is 39.2 Å². The number of benzene rings is 1. The molecule has 1 heterocycles. The van der Waals surface area contributed by atoms with Crippen LogP contribution in [0.2, 0.25) is 0 Å². The molecular weight excluding hydrogens is 369 g/mol. The molecule has 0 radical (unpaired) electrons. The van der Waals surface area contributed by atoms with Crippen LogP contribution in [-0.2, 0) is 6.42 Å². The van der Waals surface area contributed by atoms with Crippen molar-refractivity contribution < 1.29 is 4.79 Å². The normalized spacial score (nSPS) is 10.8. The van der Waals surface area contributed by atoms with Gasteiger partial charge in [-0.15, -0.1) is 5.10 Å². The first-order valence-electron chi connectivity index (χ1n) is 6.38. The highest BCUT2D eigenvalue weighted by molar-refractivity contribution is 14.1. The number of rotatable bonds is 5.